The molecule has 1 rings (SSSR count). The van der Waals surface area contributed by atoms with Crippen molar-refractivity contribution < 1.29 is 49.0 Å². The Morgan fingerprint density at radius 1 is 0.917 bits per heavy atom. The topological polar surface area (TPSA) is 0 Å². The van der Waals surface area contributed by atoms with Crippen LogP contribution >= 0.6 is 0 Å². The van der Waals surface area contributed by atoms with E-state index >= 15 is 0 Å². The predicted octanol–water partition coefficient (Wildman–Crippen LogP) is -7.50. The van der Waals surface area contributed by atoms with Crippen molar-refractivity contribution in [2.45, 2.75) is 0 Å². The average Bonchev–Trinajstić information content (AvgIpc) is 1.69. The minimum absolute atomic E-state index is 0. The quantitative estimate of drug-likeness (QED) is 0.325. The summed E-state index contributed by atoms with van der Waals surface area (Å²) in [7, 11) is 0. The first-order chi connectivity index (χ1) is 3.39. The van der Waals surface area contributed by atoms with E-state index < -0.39 is 0 Å². The van der Waals surface area contributed by atoms with Gasteiger partial charge in [0.2, 0.25) is 0 Å². The van der Waals surface area contributed by atoms with Crippen molar-refractivity contribution in [2.75, 3.05) is 0 Å². The molecular weight excluding hydrogens is 264 g/mol. The smallest absolute Gasteiger partial charge is 1.00 e. The Morgan fingerprint density at radius 3 is 1.42 bits per heavy atom. The summed E-state index contributed by atoms with van der Waals surface area (Å²) >= 11 is 0. The van der Waals surface area contributed by atoms with Crippen molar-refractivity contribution in [3.05, 3.63) is 42.8 Å². The summed E-state index contributed by atoms with van der Waals surface area (Å²) in [5.74, 6) is 0. The first-order valence-corrected chi connectivity index (χ1v) is 2.26. The van der Waals surface area contributed by atoms with Crippen LogP contribution in [0, 0.1) is 6.92 Å². The molecule has 0 N–H and O–H groups in total. The van der Waals surface area contributed by atoms with Gasteiger partial charge in [-0.1, -0.05) is 6.07 Å². The van der Waals surface area contributed by atoms with Gasteiger partial charge in [-0.05, 0) is 0 Å². The zero-order valence-electron chi connectivity index (χ0n) is 6.64. The fraction of sp³-hybridized carbons (Fsp3) is 0. The van der Waals surface area contributed by atoms with Crippen LogP contribution in [0.2, 0.25) is 0 Å². The Hall–Kier alpha value is 0.990. The van der Waals surface area contributed by atoms with E-state index in [0.29, 0.717) is 0 Å². The molecule has 60 valence electrons. The van der Waals surface area contributed by atoms with Gasteiger partial charge in [0.25, 0.3) is 0 Å². The maximum atomic E-state index is 3.72. The number of hydrogen-bond acceptors (Lipinski definition) is 0. The molecule has 0 aliphatic rings. The van der Waals surface area contributed by atoms with Crippen LogP contribution in [0.5, 0.6) is 0 Å². The van der Waals surface area contributed by atoms with Gasteiger partial charge in [-0.25, -0.2) is 0 Å². The minimum Gasteiger partial charge on any atom is -1.00 e. The fourth-order valence-electron chi connectivity index (χ4n) is 0.478. The van der Waals surface area contributed by atoms with E-state index in [-0.39, 0.29) is 72.0 Å². The summed E-state index contributed by atoms with van der Waals surface area (Å²) < 4.78 is 0. The van der Waals surface area contributed by atoms with Gasteiger partial charge in [-0.15, -0.1) is 12.1 Å². The van der Waals surface area contributed by atoms with Crippen molar-refractivity contribution in [2.24, 2.45) is 0 Å². The van der Waals surface area contributed by atoms with Crippen LogP contribution in [0.4, 0.5) is 0 Å². The standard InChI is InChI=1S/C7H7.2ClH.FH.Mg.Zn/c1-7-5-3-2-4-6-7;;;;;/h2-6H,1H2;3*1H;;/q-1;;;;2*+2/p-3. The summed E-state index contributed by atoms with van der Waals surface area (Å²) in [4.78, 5) is 0. The molecule has 0 radical (unpaired) electrons. The molecule has 1 aromatic rings. The van der Waals surface area contributed by atoms with Crippen molar-refractivity contribution >= 4 is 23.1 Å². The molecule has 12 heavy (non-hydrogen) atoms. The first kappa shape index (κ1) is 29.3. The number of rotatable bonds is 0. The minimum atomic E-state index is 0. The molecule has 0 aliphatic heterocycles. The van der Waals surface area contributed by atoms with E-state index in [1.165, 1.54) is 0 Å². The molecular formula is C7H7Cl2FMgZn. The van der Waals surface area contributed by atoms with Crippen molar-refractivity contribution in [1.82, 2.24) is 0 Å². The van der Waals surface area contributed by atoms with Crippen LogP contribution in [0.3, 0.4) is 0 Å². The van der Waals surface area contributed by atoms with Gasteiger partial charge in [0.1, 0.15) is 0 Å². The normalized spacial score (nSPS) is 5.00. The van der Waals surface area contributed by atoms with Crippen molar-refractivity contribution in [1.29, 1.82) is 0 Å². The van der Waals surface area contributed by atoms with Gasteiger partial charge in [-0.3, -0.25) is 0 Å². The SMILES string of the molecule is [CH2-]c1ccccc1.[Cl-].[Cl-].[F-].[Mg+2].[Zn+2]. The molecule has 0 spiro atoms. The number of halogens is 3. The van der Waals surface area contributed by atoms with Crippen molar-refractivity contribution in [3.63, 3.8) is 0 Å². The summed E-state index contributed by atoms with van der Waals surface area (Å²) in [6, 6.07) is 9.87. The van der Waals surface area contributed by atoms with E-state index in [9.17, 15) is 0 Å². The Kier molecular flexibility index (Phi) is 43.7. The van der Waals surface area contributed by atoms with E-state index in [0.717, 1.165) is 5.56 Å². The molecule has 0 heterocycles. The summed E-state index contributed by atoms with van der Waals surface area (Å²) in [5, 5.41) is 0. The Bertz CT molecular complexity index is 151. The third-order valence-corrected chi connectivity index (χ3v) is 0.843. The van der Waals surface area contributed by atoms with Crippen LogP contribution in [-0.4, -0.2) is 23.1 Å². The van der Waals surface area contributed by atoms with Crippen LogP contribution in [0.1, 0.15) is 5.56 Å². The predicted molar refractivity (Wildman–Crippen MR) is 36.7 cm³/mol. The second-order valence-corrected chi connectivity index (χ2v) is 1.49. The molecule has 0 aromatic heterocycles. The first-order valence-electron chi connectivity index (χ1n) is 2.26. The molecule has 0 aliphatic carbocycles. The Morgan fingerprint density at radius 2 is 1.25 bits per heavy atom. The zero-order chi connectivity index (χ0) is 5.11. The van der Waals surface area contributed by atoms with Crippen LogP contribution < -0.4 is 29.5 Å². The third kappa shape index (κ3) is 13.6. The summed E-state index contributed by atoms with van der Waals surface area (Å²) in [5.41, 5.74) is 1.07. The van der Waals surface area contributed by atoms with Gasteiger partial charge < -0.3 is 29.5 Å². The number of hydrogen-bond donors (Lipinski definition) is 0. The molecule has 0 saturated carbocycles. The van der Waals surface area contributed by atoms with Gasteiger partial charge in [0.05, 0.1) is 0 Å². The monoisotopic (exact) mass is 268 g/mol. The molecule has 0 saturated heterocycles. The van der Waals surface area contributed by atoms with E-state index in [4.69, 9.17) is 0 Å². The molecule has 0 nitrogen and oxygen atoms in total. The van der Waals surface area contributed by atoms with E-state index in [1.54, 1.807) is 0 Å². The number of benzene rings is 1. The largest absolute Gasteiger partial charge is 2.00 e. The Balaban J connectivity index is -0.0000000327. The molecule has 0 fully saturated rings. The Labute approximate surface area is 114 Å². The third-order valence-electron chi connectivity index (χ3n) is 0.843. The van der Waals surface area contributed by atoms with E-state index in [1.807, 2.05) is 30.3 Å². The van der Waals surface area contributed by atoms with Crippen LogP contribution in [0.15, 0.2) is 30.3 Å². The maximum absolute atomic E-state index is 3.72. The second-order valence-electron chi connectivity index (χ2n) is 1.49. The van der Waals surface area contributed by atoms with Gasteiger partial charge in [-0.2, -0.15) is 24.6 Å². The van der Waals surface area contributed by atoms with Gasteiger partial charge in [0, 0.05) is 0 Å². The molecule has 0 atom stereocenters. The molecule has 0 bridgehead atoms. The fourth-order valence-corrected chi connectivity index (χ4v) is 0.478. The summed E-state index contributed by atoms with van der Waals surface area (Å²) in [6.07, 6.45) is 0. The van der Waals surface area contributed by atoms with E-state index in [2.05, 4.69) is 6.92 Å². The summed E-state index contributed by atoms with van der Waals surface area (Å²) in [6.45, 7) is 3.72. The molecule has 1 aromatic carbocycles. The molecule has 0 amide bonds. The van der Waals surface area contributed by atoms with Crippen LogP contribution in [-0.2, 0) is 19.5 Å². The average molecular weight is 271 g/mol. The van der Waals surface area contributed by atoms with Gasteiger partial charge in [0.15, 0.2) is 0 Å². The zero-order valence-corrected chi connectivity index (χ0v) is 12.5. The molecule has 5 heteroatoms. The maximum Gasteiger partial charge on any atom is 2.00 e. The van der Waals surface area contributed by atoms with Gasteiger partial charge >= 0.3 is 42.5 Å². The molecule has 0 unspecified atom stereocenters. The van der Waals surface area contributed by atoms with Crippen molar-refractivity contribution in [3.8, 4) is 0 Å². The van der Waals surface area contributed by atoms with Crippen LogP contribution in [0.25, 0.3) is 0 Å². The second kappa shape index (κ2) is 17.9.